The lowest BCUT2D eigenvalue weighted by Gasteiger charge is -2.28. The summed E-state index contributed by atoms with van der Waals surface area (Å²) in [6, 6.07) is 11.7. The first-order valence-electron chi connectivity index (χ1n) is 14.4. The molecule has 0 N–H and O–H groups in total. The molecule has 8 rings (SSSR count). The highest BCUT2D eigenvalue weighted by molar-refractivity contribution is 5.90. The van der Waals surface area contributed by atoms with Crippen LogP contribution in [-0.2, 0) is 11.2 Å². The molecular formula is C32H30FN5O2. The number of fused-ring (bicyclic) bond motifs is 3. The van der Waals surface area contributed by atoms with Crippen LogP contribution in [0.5, 0.6) is 0 Å². The van der Waals surface area contributed by atoms with E-state index in [1.54, 1.807) is 17.0 Å². The molecule has 3 aliphatic rings. The second-order valence-electron chi connectivity index (χ2n) is 11.5. The SMILES string of the molecule is O=c1c2c(F)cc(C3CC3)cc2ccn1C1CCCc2cc(-c3ncnc4c3cnn4C3CCCCO3)ccc21. The number of rotatable bonds is 4. The van der Waals surface area contributed by atoms with Gasteiger partial charge in [-0.3, -0.25) is 4.79 Å². The lowest BCUT2D eigenvalue weighted by Crippen LogP contribution is -2.28. The van der Waals surface area contributed by atoms with Crippen molar-refractivity contribution in [3.8, 4) is 11.3 Å². The zero-order valence-corrected chi connectivity index (χ0v) is 22.2. The van der Waals surface area contributed by atoms with Crippen molar-refractivity contribution in [1.82, 2.24) is 24.3 Å². The summed E-state index contributed by atoms with van der Waals surface area (Å²) in [5.41, 5.74) is 5.68. The van der Waals surface area contributed by atoms with Crippen molar-refractivity contribution in [2.75, 3.05) is 6.61 Å². The van der Waals surface area contributed by atoms with Crippen molar-refractivity contribution in [3.63, 3.8) is 0 Å². The molecule has 5 aromatic rings. The van der Waals surface area contributed by atoms with Crippen molar-refractivity contribution < 1.29 is 9.13 Å². The maximum absolute atomic E-state index is 15.2. The van der Waals surface area contributed by atoms with Crippen LogP contribution in [0.25, 0.3) is 33.1 Å². The molecule has 2 unspecified atom stereocenters. The zero-order valence-electron chi connectivity index (χ0n) is 22.2. The van der Waals surface area contributed by atoms with E-state index in [0.29, 0.717) is 11.3 Å². The Morgan fingerprint density at radius 2 is 1.90 bits per heavy atom. The summed E-state index contributed by atoms with van der Waals surface area (Å²) in [5, 5.41) is 6.41. The van der Waals surface area contributed by atoms with Gasteiger partial charge in [0.05, 0.1) is 28.7 Å². The molecular weight excluding hydrogens is 505 g/mol. The van der Waals surface area contributed by atoms with Gasteiger partial charge in [-0.15, -0.1) is 0 Å². The number of pyridine rings is 1. The molecule has 2 atom stereocenters. The average molecular weight is 536 g/mol. The number of nitrogens with zero attached hydrogens (tertiary/aromatic N) is 5. The third-order valence-electron chi connectivity index (χ3n) is 8.91. The van der Waals surface area contributed by atoms with Gasteiger partial charge in [0, 0.05) is 18.4 Å². The Labute approximate surface area is 230 Å². The molecule has 202 valence electrons. The standard InChI is InChI=1S/C32H30FN5O2/c33-26-16-23(19-7-8-19)15-21-11-12-37(32(39)29(21)26)27-5-3-4-20-14-22(9-10-24(20)27)30-25-17-36-38(31(25)35-18-34-30)28-6-1-2-13-40-28/h9-12,14-19,27-28H,1-8,13H2. The third-order valence-corrected chi connectivity index (χ3v) is 8.91. The first kappa shape index (κ1) is 23.9. The van der Waals surface area contributed by atoms with Gasteiger partial charge in [-0.2, -0.15) is 5.10 Å². The molecule has 40 heavy (non-hydrogen) atoms. The van der Waals surface area contributed by atoms with Crippen LogP contribution in [-0.4, -0.2) is 30.9 Å². The molecule has 0 spiro atoms. The quantitative estimate of drug-likeness (QED) is 0.264. The van der Waals surface area contributed by atoms with Crippen LogP contribution in [0.2, 0.25) is 0 Å². The molecule has 0 radical (unpaired) electrons. The largest absolute Gasteiger partial charge is 0.356 e. The number of halogens is 1. The Morgan fingerprint density at radius 3 is 2.75 bits per heavy atom. The predicted molar refractivity (Wildman–Crippen MR) is 151 cm³/mol. The lowest BCUT2D eigenvalue weighted by molar-refractivity contribution is -0.0370. The van der Waals surface area contributed by atoms with E-state index in [-0.39, 0.29) is 23.2 Å². The van der Waals surface area contributed by atoms with Gasteiger partial charge in [0.25, 0.3) is 5.56 Å². The number of benzene rings is 2. The topological polar surface area (TPSA) is 74.8 Å². The van der Waals surface area contributed by atoms with Gasteiger partial charge in [-0.05, 0) is 97.6 Å². The van der Waals surface area contributed by atoms with Crippen LogP contribution in [0.15, 0.2) is 59.9 Å². The van der Waals surface area contributed by atoms with Gasteiger partial charge in [-0.1, -0.05) is 18.2 Å². The fraction of sp³-hybridized carbons (Fsp3) is 0.375. The Morgan fingerprint density at radius 1 is 0.975 bits per heavy atom. The number of ether oxygens (including phenoxy) is 1. The Kier molecular flexibility index (Phi) is 5.59. The molecule has 2 aromatic carbocycles. The van der Waals surface area contributed by atoms with E-state index in [0.717, 1.165) is 91.4 Å². The highest BCUT2D eigenvalue weighted by Crippen LogP contribution is 2.41. The predicted octanol–water partition coefficient (Wildman–Crippen LogP) is 6.45. The average Bonchev–Trinajstić information content (AvgIpc) is 3.75. The van der Waals surface area contributed by atoms with Crippen molar-refractivity contribution in [2.45, 2.75) is 69.6 Å². The Hall–Kier alpha value is -3.91. The van der Waals surface area contributed by atoms with Crippen molar-refractivity contribution >= 4 is 21.8 Å². The molecule has 0 amide bonds. The molecule has 7 nitrogen and oxygen atoms in total. The van der Waals surface area contributed by atoms with E-state index < -0.39 is 5.82 Å². The highest BCUT2D eigenvalue weighted by Gasteiger charge is 2.28. The van der Waals surface area contributed by atoms with E-state index >= 15 is 4.39 Å². The van der Waals surface area contributed by atoms with Gasteiger partial charge < -0.3 is 9.30 Å². The highest BCUT2D eigenvalue weighted by atomic mass is 19.1. The summed E-state index contributed by atoms with van der Waals surface area (Å²) >= 11 is 0. The van der Waals surface area contributed by atoms with Crippen LogP contribution < -0.4 is 5.56 Å². The van der Waals surface area contributed by atoms with E-state index in [9.17, 15) is 4.79 Å². The van der Waals surface area contributed by atoms with Crippen molar-refractivity contribution in [3.05, 3.63) is 88.0 Å². The minimum absolute atomic E-state index is 0.0938. The van der Waals surface area contributed by atoms with Gasteiger partial charge in [-0.25, -0.2) is 19.0 Å². The number of aryl methyl sites for hydroxylation is 1. The summed E-state index contributed by atoms with van der Waals surface area (Å²) in [6.45, 7) is 0.740. The van der Waals surface area contributed by atoms with E-state index in [1.165, 1.54) is 5.56 Å². The van der Waals surface area contributed by atoms with Crippen molar-refractivity contribution in [2.24, 2.45) is 0 Å². The minimum atomic E-state index is -0.405. The van der Waals surface area contributed by atoms with Gasteiger partial charge >= 0.3 is 0 Å². The first-order valence-corrected chi connectivity index (χ1v) is 14.4. The van der Waals surface area contributed by atoms with Crippen LogP contribution in [0, 0.1) is 5.82 Å². The third kappa shape index (κ3) is 3.88. The second-order valence-corrected chi connectivity index (χ2v) is 11.5. The summed E-state index contributed by atoms with van der Waals surface area (Å²) in [6.07, 6.45) is 13.2. The summed E-state index contributed by atoms with van der Waals surface area (Å²) in [7, 11) is 0. The summed E-state index contributed by atoms with van der Waals surface area (Å²) in [4.78, 5) is 22.8. The van der Waals surface area contributed by atoms with Crippen LogP contribution in [0.1, 0.15) is 79.8 Å². The molecule has 0 bridgehead atoms. The van der Waals surface area contributed by atoms with Gasteiger partial charge in [0.15, 0.2) is 11.9 Å². The van der Waals surface area contributed by atoms with E-state index in [4.69, 9.17) is 4.74 Å². The monoisotopic (exact) mass is 535 g/mol. The maximum atomic E-state index is 15.2. The molecule has 2 aliphatic carbocycles. The fourth-order valence-corrected chi connectivity index (χ4v) is 6.71. The summed E-state index contributed by atoms with van der Waals surface area (Å²) in [5.74, 6) is 0.0314. The molecule has 2 fully saturated rings. The second kappa shape index (κ2) is 9.34. The van der Waals surface area contributed by atoms with Crippen molar-refractivity contribution in [1.29, 1.82) is 0 Å². The molecule has 3 aromatic heterocycles. The molecule has 8 heteroatoms. The number of hydrogen-bond donors (Lipinski definition) is 0. The van der Waals surface area contributed by atoms with E-state index in [1.807, 2.05) is 29.2 Å². The van der Waals surface area contributed by atoms with E-state index in [2.05, 4.69) is 33.3 Å². The molecule has 1 saturated heterocycles. The fourth-order valence-electron chi connectivity index (χ4n) is 6.71. The number of aromatic nitrogens is 5. The van der Waals surface area contributed by atoms with Crippen LogP contribution in [0.3, 0.4) is 0 Å². The Balaban J connectivity index is 1.17. The first-order chi connectivity index (χ1) is 19.7. The molecule has 1 aliphatic heterocycles. The smallest absolute Gasteiger partial charge is 0.261 e. The van der Waals surface area contributed by atoms with Crippen LogP contribution in [0.4, 0.5) is 4.39 Å². The number of hydrogen-bond acceptors (Lipinski definition) is 5. The van der Waals surface area contributed by atoms with Gasteiger partial charge in [0.1, 0.15) is 12.1 Å². The minimum Gasteiger partial charge on any atom is -0.356 e. The Bertz CT molecular complexity index is 1830. The molecule has 1 saturated carbocycles. The zero-order chi connectivity index (χ0) is 26.8. The normalized spacial score (nSPS) is 21.1. The van der Waals surface area contributed by atoms with Crippen LogP contribution >= 0.6 is 0 Å². The summed E-state index contributed by atoms with van der Waals surface area (Å²) < 4.78 is 24.8. The lowest BCUT2D eigenvalue weighted by atomic mass is 9.85. The maximum Gasteiger partial charge on any atom is 0.261 e. The molecule has 4 heterocycles. The van der Waals surface area contributed by atoms with Gasteiger partial charge in [0.2, 0.25) is 0 Å².